The molecule has 2 rings (SSSR count). The maximum Gasteiger partial charge on any atom is 0.0947 e. The van der Waals surface area contributed by atoms with Gasteiger partial charge in [0.25, 0.3) is 0 Å². The van der Waals surface area contributed by atoms with Gasteiger partial charge >= 0.3 is 0 Å². The van der Waals surface area contributed by atoms with Gasteiger partial charge in [0.05, 0.1) is 28.0 Å². The smallest absolute Gasteiger partial charge is 0.0947 e. The van der Waals surface area contributed by atoms with E-state index >= 15 is 0 Å². The molecule has 1 unspecified atom stereocenters. The monoisotopic (exact) mass is 270 g/mol. The lowest BCUT2D eigenvalue weighted by Gasteiger charge is -2.15. The van der Waals surface area contributed by atoms with Crippen molar-refractivity contribution in [2.75, 3.05) is 7.05 Å². The Balaban J connectivity index is 2.22. The number of nitrogens with zero attached hydrogens (tertiary/aromatic N) is 3. The number of rotatable bonds is 4. The van der Waals surface area contributed by atoms with E-state index in [1.54, 1.807) is 17.5 Å². The first kappa shape index (κ1) is 12.5. The molecule has 1 N–H and O–H groups in total. The molecule has 2 heterocycles. The first-order chi connectivity index (χ1) is 8.11. The van der Waals surface area contributed by atoms with Crippen LogP contribution in [0.1, 0.15) is 22.4 Å². The third kappa shape index (κ3) is 2.68. The van der Waals surface area contributed by atoms with Gasteiger partial charge in [-0.15, -0.1) is 11.3 Å². The van der Waals surface area contributed by atoms with Gasteiger partial charge in [-0.2, -0.15) is 5.10 Å². The van der Waals surface area contributed by atoms with Crippen molar-refractivity contribution in [3.8, 4) is 0 Å². The molecular formula is C11H15ClN4S. The molecule has 0 saturated carbocycles. The van der Waals surface area contributed by atoms with Gasteiger partial charge in [-0.1, -0.05) is 11.6 Å². The summed E-state index contributed by atoms with van der Waals surface area (Å²) in [5, 5.41) is 11.3. The summed E-state index contributed by atoms with van der Waals surface area (Å²) in [6, 6.07) is 0.139. The topological polar surface area (TPSA) is 42.7 Å². The molecule has 0 aromatic carbocycles. The Morgan fingerprint density at radius 2 is 2.35 bits per heavy atom. The normalized spacial score (nSPS) is 12.9. The van der Waals surface area contributed by atoms with E-state index in [0.717, 1.165) is 22.8 Å². The van der Waals surface area contributed by atoms with Gasteiger partial charge in [0.15, 0.2) is 0 Å². The van der Waals surface area contributed by atoms with E-state index in [4.69, 9.17) is 11.6 Å². The highest BCUT2D eigenvalue weighted by molar-refractivity contribution is 7.09. The molecule has 0 radical (unpaired) electrons. The van der Waals surface area contributed by atoms with Crippen LogP contribution in [0.5, 0.6) is 0 Å². The first-order valence-electron chi connectivity index (χ1n) is 5.37. The van der Waals surface area contributed by atoms with Crippen LogP contribution in [0.4, 0.5) is 0 Å². The van der Waals surface area contributed by atoms with Gasteiger partial charge in [0, 0.05) is 24.5 Å². The van der Waals surface area contributed by atoms with Crippen molar-refractivity contribution in [1.29, 1.82) is 0 Å². The fourth-order valence-electron chi connectivity index (χ4n) is 1.82. The summed E-state index contributed by atoms with van der Waals surface area (Å²) in [6.07, 6.45) is 2.50. The fourth-order valence-corrected chi connectivity index (χ4v) is 2.94. The molecule has 0 amide bonds. The highest BCUT2D eigenvalue weighted by atomic mass is 35.5. The van der Waals surface area contributed by atoms with E-state index in [1.165, 1.54) is 0 Å². The third-order valence-corrected chi connectivity index (χ3v) is 3.94. The minimum absolute atomic E-state index is 0.139. The number of hydrogen-bond donors (Lipinski definition) is 1. The van der Waals surface area contributed by atoms with Crippen LogP contribution >= 0.6 is 22.9 Å². The van der Waals surface area contributed by atoms with Crippen LogP contribution in [0, 0.1) is 6.92 Å². The minimum Gasteiger partial charge on any atom is -0.311 e. The van der Waals surface area contributed by atoms with Crippen molar-refractivity contribution in [3.05, 3.63) is 33.0 Å². The molecular weight excluding hydrogens is 256 g/mol. The Bertz CT molecular complexity index is 486. The molecule has 0 spiro atoms. The largest absolute Gasteiger partial charge is 0.311 e. The lowest BCUT2D eigenvalue weighted by molar-refractivity contribution is 0.536. The molecule has 2 aromatic rings. The Morgan fingerprint density at radius 3 is 2.82 bits per heavy atom. The third-order valence-electron chi connectivity index (χ3n) is 2.66. The Hall–Kier alpha value is -0.910. The Labute approximate surface area is 110 Å². The molecule has 92 valence electrons. The van der Waals surface area contributed by atoms with E-state index in [1.807, 2.05) is 25.7 Å². The van der Waals surface area contributed by atoms with Crippen LogP contribution in [0.3, 0.4) is 0 Å². The number of halogens is 1. The average Bonchev–Trinajstić information content (AvgIpc) is 2.84. The Morgan fingerprint density at radius 1 is 1.59 bits per heavy atom. The maximum absolute atomic E-state index is 6.15. The van der Waals surface area contributed by atoms with E-state index in [0.29, 0.717) is 5.02 Å². The number of aryl methyl sites for hydroxylation is 2. The molecule has 4 nitrogen and oxygen atoms in total. The van der Waals surface area contributed by atoms with Crippen molar-refractivity contribution in [1.82, 2.24) is 20.1 Å². The Kier molecular flexibility index (Phi) is 3.81. The number of aromatic nitrogens is 3. The van der Waals surface area contributed by atoms with Gasteiger partial charge in [-0.25, -0.2) is 4.98 Å². The molecule has 6 heteroatoms. The van der Waals surface area contributed by atoms with Crippen LogP contribution in [-0.4, -0.2) is 21.8 Å². The lowest BCUT2D eigenvalue weighted by atomic mass is 10.1. The standard InChI is InChI=1S/C11H15ClN4S/c1-7-6-17-10(15-7)4-9(13-2)11-8(12)5-14-16(11)3/h5-6,9,13H,4H2,1-3H3. The molecule has 0 aliphatic heterocycles. The lowest BCUT2D eigenvalue weighted by Crippen LogP contribution is -2.22. The van der Waals surface area contributed by atoms with Gasteiger partial charge < -0.3 is 5.32 Å². The molecule has 0 aliphatic carbocycles. The van der Waals surface area contributed by atoms with Crippen molar-refractivity contribution < 1.29 is 0 Å². The van der Waals surface area contributed by atoms with E-state index < -0.39 is 0 Å². The van der Waals surface area contributed by atoms with Gasteiger partial charge in [-0.05, 0) is 14.0 Å². The van der Waals surface area contributed by atoms with Gasteiger partial charge in [0.1, 0.15) is 0 Å². The second kappa shape index (κ2) is 5.16. The van der Waals surface area contributed by atoms with Crippen molar-refractivity contribution in [2.24, 2.45) is 7.05 Å². The zero-order chi connectivity index (χ0) is 12.4. The van der Waals surface area contributed by atoms with E-state index in [-0.39, 0.29) is 6.04 Å². The highest BCUT2D eigenvalue weighted by Crippen LogP contribution is 2.25. The van der Waals surface area contributed by atoms with Gasteiger partial charge in [-0.3, -0.25) is 4.68 Å². The number of hydrogen-bond acceptors (Lipinski definition) is 4. The quantitative estimate of drug-likeness (QED) is 0.927. The zero-order valence-corrected chi connectivity index (χ0v) is 11.6. The molecule has 0 fully saturated rings. The second-order valence-corrected chi connectivity index (χ2v) is 5.28. The summed E-state index contributed by atoms with van der Waals surface area (Å²) in [4.78, 5) is 4.47. The van der Waals surface area contributed by atoms with Crippen LogP contribution in [0.25, 0.3) is 0 Å². The number of likely N-dealkylation sites (N-methyl/N-ethyl adjacent to an activating group) is 1. The summed E-state index contributed by atoms with van der Waals surface area (Å²) in [5.74, 6) is 0. The highest BCUT2D eigenvalue weighted by Gasteiger charge is 2.19. The first-order valence-corrected chi connectivity index (χ1v) is 6.63. The number of thiazole rings is 1. The van der Waals surface area contributed by atoms with Crippen LogP contribution in [-0.2, 0) is 13.5 Å². The minimum atomic E-state index is 0.139. The fraction of sp³-hybridized carbons (Fsp3) is 0.455. The summed E-state index contributed by atoms with van der Waals surface area (Å²) >= 11 is 7.83. The molecule has 0 saturated heterocycles. The van der Waals surface area contributed by atoms with E-state index in [9.17, 15) is 0 Å². The van der Waals surface area contributed by atoms with Crippen molar-refractivity contribution >= 4 is 22.9 Å². The summed E-state index contributed by atoms with van der Waals surface area (Å²) < 4.78 is 1.81. The predicted octanol–water partition coefficient (Wildman–Crippen LogP) is 2.34. The van der Waals surface area contributed by atoms with Crippen molar-refractivity contribution in [3.63, 3.8) is 0 Å². The average molecular weight is 271 g/mol. The predicted molar refractivity (Wildman–Crippen MR) is 70.6 cm³/mol. The maximum atomic E-state index is 6.15. The molecule has 17 heavy (non-hydrogen) atoms. The molecule has 2 aromatic heterocycles. The van der Waals surface area contributed by atoms with Crippen LogP contribution in [0.15, 0.2) is 11.6 Å². The summed E-state index contributed by atoms with van der Waals surface area (Å²) in [7, 11) is 3.83. The van der Waals surface area contributed by atoms with E-state index in [2.05, 4.69) is 20.8 Å². The second-order valence-electron chi connectivity index (χ2n) is 3.93. The van der Waals surface area contributed by atoms with Crippen LogP contribution in [0.2, 0.25) is 5.02 Å². The molecule has 1 atom stereocenters. The van der Waals surface area contributed by atoms with Crippen molar-refractivity contribution in [2.45, 2.75) is 19.4 Å². The summed E-state index contributed by atoms with van der Waals surface area (Å²) in [6.45, 7) is 2.01. The zero-order valence-electron chi connectivity index (χ0n) is 10.1. The van der Waals surface area contributed by atoms with Crippen LogP contribution < -0.4 is 5.32 Å². The molecule has 0 aliphatic rings. The number of nitrogens with one attached hydrogen (secondary N) is 1. The van der Waals surface area contributed by atoms with Gasteiger partial charge in [0.2, 0.25) is 0 Å². The summed E-state index contributed by atoms with van der Waals surface area (Å²) in [5.41, 5.74) is 2.07. The molecule has 0 bridgehead atoms. The SMILES string of the molecule is CNC(Cc1nc(C)cs1)c1c(Cl)cnn1C.